The van der Waals surface area contributed by atoms with Crippen LogP contribution in [0, 0.1) is 0 Å². The van der Waals surface area contributed by atoms with E-state index in [9.17, 15) is 5.11 Å². The van der Waals surface area contributed by atoms with Crippen molar-refractivity contribution in [3.63, 3.8) is 0 Å². The van der Waals surface area contributed by atoms with Crippen LogP contribution >= 0.6 is 11.6 Å². The summed E-state index contributed by atoms with van der Waals surface area (Å²) in [7, 11) is 0. The molecule has 3 rings (SSSR count). The molecule has 0 unspecified atom stereocenters. The first-order valence-electron chi connectivity index (χ1n) is 6.17. The molecular formula is C14H15ClN2O. The van der Waals surface area contributed by atoms with Crippen molar-refractivity contribution < 1.29 is 5.11 Å². The van der Waals surface area contributed by atoms with Crippen LogP contribution in [0.1, 0.15) is 12.0 Å². The third-order valence-corrected chi connectivity index (χ3v) is 3.72. The van der Waals surface area contributed by atoms with Gasteiger partial charge < -0.3 is 5.11 Å². The Morgan fingerprint density at radius 3 is 3.00 bits per heavy atom. The molecule has 18 heavy (non-hydrogen) atoms. The number of β-amino-alcohol motifs (C(OH)–C–C–N with tert-alkyl or cyclic N) is 1. The molecule has 1 aromatic carbocycles. The van der Waals surface area contributed by atoms with Gasteiger partial charge in [0.15, 0.2) is 0 Å². The summed E-state index contributed by atoms with van der Waals surface area (Å²) >= 11 is 6.22. The quantitative estimate of drug-likeness (QED) is 0.845. The van der Waals surface area contributed by atoms with Crippen molar-refractivity contribution in [1.82, 2.24) is 9.88 Å². The molecule has 1 aliphatic heterocycles. The molecule has 0 amide bonds. The van der Waals surface area contributed by atoms with Crippen LogP contribution in [0.15, 0.2) is 30.3 Å². The average molecular weight is 263 g/mol. The van der Waals surface area contributed by atoms with Crippen molar-refractivity contribution in [2.45, 2.75) is 19.1 Å². The summed E-state index contributed by atoms with van der Waals surface area (Å²) in [6.07, 6.45) is 0.649. The van der Waals surface area contributed by atoms with E-state index in [4.69, 9.17) is 11.6 Å². The standard InChI is InChI=1S/C14H15ClN2O/c15-14-11(8-17-6-5-12(18)9-17)7-10-3-1-2-4-13(10)16-14/h1-4,7,12,18H,5-6,8-9H2/t12-/m1/s1. The predicted octanol–water partition coefficient (Wildman–Crippen LogP) is 2.45. The zero-order chi connectivity index (χ0) is 12.5. The molecule has 94 valence electrons. The number of aliphatic hydroxyl groups is 1. The fourth-order valence-electron chi connectivity index (χ4n) is 2.44. The molecule has 2 aromatic rings. The number of aliphatic hydroxyl groups excluding tert-OH is 1. The van der Waals surface area contributed by atoms with Gasteiger partial charge in [-0.2, -0.15) is 0 Å². The number of hydrogen-bond acceptors (Lipinski definition) is 3. The van der Waals surface area contributed by atoms with Gasteiger partial charge in [-0.15, -0.1) is 0 Å². The molecule has 0 bridgehead atoms. The third-order valence-electron chi connectivity index (χ3n) is 3.39. The fourth-order valence-corrected chi connectivity index (χ4v) is 2.65. The Balaban J connectivity index is 1.89. The summed E-state index contributed by atoms with van der Waals surface area (Å²) in [5.74, 6) is 0. The minimum Gasteiger partial charge on any atom is -0.392 e. The Morgan fingerprint density at radius 2 is 2.22 bits per heavy atom. The summed E-state index contributed by atoms with van der Waals surface area (Å²) in [6, 6.07) is 10.1. The Kier molecular flexibility index (Phi) is 3.20. The maximum atomic E-state index is 9.53. The smallest absolute Gasteiger partial charge is 0.134 e. The Morgan fingerprint density at radius 1 is 1.39 bits per heavy atom. The van der Waals surface area contributed by atoms with Gasteiger partial charge in [-0.3, -0.25) is 4.90 Å². The van der Waals surface area contributed by atoms with Crippen LogP contribution in [0.25, 0.3) is 10.9 Å². The van der Waals surface area contributed by atoms with Crippen molar-refractivity contribution in [3.8, 4) is 0 Å². The molecule has 2 heterocycles. The summed E-state index contributed by atoms with van der Waals surface area (Å²) < 4.78 is 0. The van der Waals surface area contributed by atoms with Crippen LogP contribution < -0.4 is 0 Å². The van der Waals surface area contributed by atoms with E-state index in [1.807, 2.05) is 24.3 Å². The Hall–Kier alpha value is -1.16. The van der Waals surface area contributed by atoms with Gasteiger partial charge in [0.1, 0.15) is 5.15 Å². The van der Waals surface area contributed by atoms with Gasteiger partial charge in [0.05, 0.1) is 11.6 Å². The summed E-state index contributed by atoms with van der Waals surface area (Å²) in [5.41, 5.74) is 1.96. The molecule has 0 aliphatic carbocycles. The third kappa shape index (κ3) is 2.34. The number of fused-ring (bicyclic) bond motifs is 1. The molecule has 3 nitrogen and oxygen atoms in total. The van der Waals surface area contributed by atoms with Crippen molar-refractivity contribution in [1.29, 1.82) is 0 Å². The Labute approximate surface area is 111 Å². The molecule has 0 radical (unpaired) electrons. The molecule has 4 heteroatoms. The van der Waals surface area contributed by atoms with Gasteiger partial charge >= 0.3 is 0 Å². The number of rotatable bonds is 2. The van der Waals surface area contributed by atoms with Crippen LogP contribution in [0.4, 0.5) is 0 Å². The van der Waals surface area contributed by atoms with Crippen molar-refractivity contribution in [2.75, 3.05) is 13.1 Å². The van der Waals surface area contributed by atoms with Gasteiger partial charge in [-0.1, -0.05) is 29.8 Å². The first-order valence-corrected chi connectivity index (χ1v) is 6.55. The van der Waals surface area contributed by atoms with Gasteiger partial charge in [0, 0.05) is 30.6 Å². The van der Waals surface area contributed by atoms with E-state index in [0.29, 0.717) is 5.15 Å². The zero-order valence-electron chi connectivity index (χ0n) is 10.0. The monoisotopic (exact) mass is 262 g/mol. The van der Waals surface area contributed by atoms with Gasteiger partial charge in [-0.05, 0) is 18.6 Å². The molecular weight excluding hydrogens is 248 g/mol. The normalized spacial score (nSPS) is 20.7. The lowest BCUT2D eigenvalue weighted by atomic mass is 10.1. The van der Waals surface area contributed by atoms with E-state index in [2.05, 4.69) is 16.0 Å². The van der Waals surface area contributed by atoms with Crippen molar-refractivity contribution in [3.05, 3.63) is 41.0 Å². The Bertz CT molecular complexity index is 573. The van der Waals surface area contributed by atoms with E-state index in [0.717, 1.165) is 42.5 Å². The maximum absolute atomic E-state index is 9.53. The molecule has 1 atom stereocenters. The number of hydrogen-bond donors (Lipinski definition) is 1. The molecule has 1 aromatic heterocycles. The fraction of sp³-hybridized carbons (Fsp3) is 0.357. The van der Waals surface area contributed by atoms with Gasteiger partial charge in [0.2, 0.25) is 0 Å². The summed E-state index contributed by atoms with van der Waals surface area (Å²) in [6.45, 7) is 2.40. The minimum atomic E-state index is -0.197. The zero-order valence-corrected chi connectivity index (χ0v) is 10.8. The van der Waals surface area contributed by atoms with E-state index in [1.54, 1.807) is 0 Å². The number of nitrogens with zero attached hydrogens (tertiary/aromatic N) is 2. The largest absolute Gasteiger partial charge is 0.392 e. The van der Waals surface area contributed by atoms with Crippen LogP contribution in [-0.4, -0.2) is 34.2 Å². The molecule has 1 N–H and O–H groups in total. The maximum Gasteiger partial charge on any atom is 0.134 e. The highest BCUT2D eigenvalue weighted by Gasteiger charge is 2.21. The van der Waals surface area contributed by atoms with Gasteiger partial charge in [0.25, 0.3) is 0 Å². The first-order chi connectivity index (χ1) is 8.72. The lowest BCUT2D eigenvalue weighted by Gasteiger charge is -2.16. The summed E-state index contributed by atoms with van der Waals surface area (Å²) in [4.78, 5) is 6.62. The van der Waals surface area contributed by atoms with Crippen molar-refractivity contribution in [2.24, 2.45) is 0 Å². The average Bonchev–Trinajstić information content (AvgIpc) is 2.76. The van der Waals surface area contributed by atoms with Gasteiger partial charge in [-0.25, -0.2) is 4.98 Å². The molecule has 0 saturated carbocycles. The topological polar surface area (TPSA) is 36.4 Å². The number of halogens is 1. The van der Waals surface area contributed by atoms with E-state index >= 15 is 0 Å². The number of benzene rings is 1. The highest BCUT2D eigenvalue weighted by Crippen LogP contribution is 2.23. The second kappa shape index (κ2) is 4.84. The number of para-hydroxylation sites is 1. The van der Waals surface area contributed by atoms with Crippen LogP contribution in [0.2, 0.25) is 5.15 Å². The number of aromatic nitrogens is 1. The van der Waals surface area contributed by atoms with Crippen LogP contribution in [-0.2, 0) is 6.54 Å². The predicted molar refractivity (Wildman–Crippen MR) is 72.7 cm³/mol. The number of likely N-dealkylation sites (tertiary alicyclic amines) is 1. The summed E-state index contributed by atoms with van der Waals surface area (Å²) in [5, 5.41) is 11.2. The SMILES string of the molecule is O[C@@H]1CCN(Cc2cc3ccccc3nc2Cl)C1. The van der Waals surface area contributed by atoms with E-state index in [1.165, 1.54) is 0 Å². The molecule has 1 aliphatic rings. The van der Waals surface area contributed by atoms with Crippen LogP contribution in [0.3, 0.4) is 0 Å². The second-order valence-electron chi connectivity index (χ2n) is 4.81. The lowest BCUT2D eigenvalue weighted by Crippen LogP contribution is -2.21. The highest BCUT2D eigenvalue weighted by molar-refractivity contribution is 6.30. The second-order valence-corrected chi connectivity index (χ2v) is 5.17. The molecule has 0 spiro atoms. The number of pyridine rings is 1. The molecule has 1 fully saturated rings. The first kappa shape index (κ1) is 11.9. The van der Waals surface area contributed by atoms with Crippen molar-refractivity contribution >= 4 is 22.5 Å². The van der Waals surface area contributed by atoms with E-state index in [-0.39, 0.29) is 6.10 Å². The highest BCUT2D eigenvalue weighted by atomic mass is 35.5. The van der Waals surface area contributed by atoms with Crippen LogP contribution in [0.5, 0.6) is 0 Å². The van der Waals surface area contributed by atoms with E-state index < -0.39 is 0 Å². The minimum absolute atomic E-state index is 0.197. The lowest BCUT2D eigenvalue weighted by molar-refractivity contribution is 0.175. The molecule has 1 saturated heterocycles.